The molecule has 1 aliphatic rings. The van der Waals surface area contributed by atoms with E-state index >= 15 is 0 Å². The van der Waals surface area contributed by atoms with Crippen molar-refractivity contribution < 1.29 is 19.0 Å². The molecule has 8 heteroatoms. The number of methoxy groups -OCH3 is 1. The topological polar surface area (TPSA) is 56.8 Å². The molecule has 30 heavy (non-hydrogen) atoms. The lowest BCUT2D eigenvalue weighted by atomic mass is 10.1. The highest BCUT2D eigenvalue weighted by molar-refractivity contribution is 8.26. The summed E-state index contributed by atoms with van der Waals surface area (Å²) < 4.78 is 17.6. The number of benzene rings is 2. The number of amides is 1. The number of thiocarbonyl (C=S) groups is 1. The Morgan fingerprint density at radius 2 is 1.80 bits per heavy atom. The van der Waals surface area contributed by atoms with E-state index in [-0.39, 0.29) is 5.91 Å². The first-order valence-electron chi connectivity index (χ1n) is 9.33. The van der Waals surface area contributed by atoms with Crippen molar-refractivity contribution in [2.75, 3.05) is 20.3 Å². The molecule has 0 unspecified atom stereocenters. The van der Waals surface area contributed by atoms with E-state index in [1.807, 2.05) is 32.0 Å². The lowest BCUT2D eigenvalue weighted by Crippen LogP contribution is -2.17. The van der Waals surface area contributed by atoms with Crippen LogP contribution < -0.4 is 19.5 Å². The molecule has 0 saturated carbocycles. The van der Waals surface area contributed by atoms with E-state index in [4.69, 9.17) is 38.0 Å². The number of para-hydroxylation sites is 1. The normalized spacial score (nSPS) is 14.7. The molecule has 0 radical (unpaired) electrons. The second-order valence-corrected chi connectivity index (χ2v) is 8.78. The first-order chi connectivity index (χ1) is 14.4. The number of carbonyl (C=O) groups is 1. The first kappa shape index (κ1) is 22.5. The van der Waals surface area contributed by atoms with Crippen LogP contribution in [0.5, 0.6) is 17.2 Å². The Morgan fingerprint density at radius 3 is 2.40 bits per heavy atom. The molecule has 1 fully saturated rings. The molecule has 1 aliphatic heterocycles. The predicted octanol–water partition coefficient (Wildman–Crippen LogP) is 5.30. The summed E-state index contributed by atoms with van der Waals surface area (Å²) in [4.78, 5) is 12.4. The Labute approximate surface area is 190 Å². The number of carbonyl (C=O) groups excluding carboxylic acids is 1. The van der Waals surface area contributed by atoms with Gasteiger partial charge in [-0.3, -0.25) is 4.79 Å². The number of halogens is 1. The predicted molar refractivity (Wildman–Crippen MR) is 126 cm³/mol. The highest BCUT2D eigenvalue weighted by Gasteiger charge is 2.22. The van der Waals surface area contributed by atoms with Crippen LogP contribution in [-0.2, 0) is 4.79 Å². The summed E-state index contributed by atoms with van der Waals surface area (Å²) in [5, 5.41) is 2.99. The average Bonchev–Trinajstić information content (AvgIpc) is 3.01. The van der Waals surface area contributed by atoms with Crippen molar-refractivity contribution >= 4 is 51.9 Å². The van der Waals surface area contributed by atoms with E-state index in [0.29, 0.717) is 45.4 Å². The maximum Gasteiger partial charge on any atom is 0.263 e. The summed E-state index contributed by atoms with van der Waals surface area (Å²) in [6.45, 7) is 5.01. The molecule has 5 nitrogen and oxygen atoms in total. The summed E-state index contributed by atoms with van der Waals surface area (Å²) in [6.07, 6.45) is 2.41. The van der Waals surface area contributed by atoms with Crippen LogP contribution in [0.1, 0.15) is 23.1 Å². The van der Waals surface area contributed by atoms with Gasteiger partial charge in [-0.1, -0.05) is 53.8 Å². The molecule has 158 valence electrons. The second kappa shape index (κ2) is 10.2. The Balaban J connectivity index is 1.61. The van der Waals surface area contributed by atoms with Gasteiger partial charge in [0.1, 0.15) is 10.1 Å². The Morgan fingerprint density at radius 1 is 1.13 bits per heavy atom. The molecule has 0 atom stereocenters. The highest BCUT2D eigenvalue weighted by atomic mass is 35.5. The number of aryl methyl sites for hydroxylation is 2. The van der Waals surface area contributed by atoms with Gasteiger partial charge in [0.25, 0.3) is 5.91 Å². The quantitative estimate of drug-likeness (QED) is 0.325. The maximum absolute atomic E-state index is 11.9. The van der Waals surface area contributed by atoms with Crippen molar-refractivity contribution in [1.82, 2.24) is 5.32 Å². The number of hydrogen-bond acceptors (Lipinski definition) is 6. The molecule has 1 saturated heterocycles. The third-order valence-electron chi connectivity index (χ3n) is 4.38. The zero-order valence-corrected chi connectivity index (χ0v) is 19.3. The molecule has 0 bridgehead atoms. The van der Waals surface area contributed by atoms with Crippen molar-refractivity contribution in [2.45, 2.75) is 20.3 Å². The molecule has 0 aliphatic carbocycles. The third-order valence-corrected chi connectivity index (χ3v) is 5.83. The molecular weight excluding hydrogens is 442 g/mol. The highest BCUT2D eigenvalue weighted by Crippen LogP contribution is 2.38. The smallest absolute Gasteiger partial charge is 0.263 e. The summed E-state index contributed by atoms with van der Waals surface area (Å²) in [5.74, 6) is 1.66. The summed E-state index contributed by atoms with van der Waals surface area (Å²) in [6, 6.07) is 9.58. The van der Waals surface area contributed by atoms with Gasteiger partial charge in [-0.25, -0.2) is 0 Å². The molecule has 1 amide bonds. The van der Waals surface area contributed by atoms with Crippen molar-refractivity contribution in [3.63, 3.8) is 0 Å². The lowest BCUT2D eigenvalue weighted by molar-refractivity contribution is -0.115. The zero-order chi connectivity index (χ0) is 21.7. The van der Waals surface area contributed by atoms with Gasteiger partial charge in [0.15, 0.2) is 11.5 Å². The van der Waals surface area contributed by atoms with E-state index in [1.54, 1.807) is 25.3 Å². The summed E-state index contributed by atoms with van der Waals surface area (Å²) in [7, 11) is 1.55. The minimum atomic E-state index is -0.218. The Kier molecular flexibility index (Phi) is 7.64. The number of rotatable bonds is 8. The van der Waals surface area contributed by atoms with Crippen LogP contribution in [0.4, 0.5) is 0 Å². The Bertz CT molecular complexity index is 987. The maximum atomic E-state index is 11.9. The van der Waals surface area contributed by atoms with E-state index in [9.17, 15) is 4.79 Å². The largest absolute Gasteiger partial charge is 0.493 e. The van der Waals surface area contributed by atoms with Crippen molar-refractivity contribution in [2.24, 2.45) is 0 Å². The van der Waals surface area contributed by atoms with Crippen LogP contribution >= 0.6 is 35.6 Å². The van der Waals surface area contributed by atoms with Crippen LogP contribution in [0.2, 0.25) is 5.02 Å². The molecule has 0 aromatic heterocycles. The average molecular weight is 464 g/mol. The van der Waals surface area contributed by atoms with Gasteiger partial charge in [0, 0.05) is 6.42 Å². The molecule has 2 aromatic rings. The summed E-state index contributed by atoms with van der Waals surface area (Å²) in [5.41, 5.74) is 2.95. The van der Waals surface area contributed by atoms with Gasteiger partial charge < -0.3 is 19.5 Å². The van der Waals surface area contributed by atoms with Crippen LogP contribution in [-0.4, -0.2) is 30.6 Å². The standard InChI is InChI=1S/C22H22ClNO4S2/c1-13-6-4-7-14(2)19(13)27-8-5-9-28-20-16(23)10-15(11-17(20)26-3)12-18-21(25)24-22(29)30-18/h4,6-7,10-12H,5,8-9H2,1-3H3,(H,24,25,29)/b18-12+. The Hall–Kier alpha value is -2.22. The van der Waals surface area contributed by atoms with Crippen LogP contribution in [0.15, 0.2) is 35.2 Å². The summed E-state index contributed by atoms with van der Waals surface area (Å²) >= 11 is 12.6. The minimum Gasteiger partial charge on any atom is -0.493 e. The molecule has 0 spiro atoms. The van der Waals surface area contributed by atoms with Crippen molar-refractivity contribution in [3.05, 3.63) is 56.9 Å². The number of nitrogens with one attached hydrogen (secondary N) is 1. The van der Waals surface area contributed by atoms with Crippen LogP contribution in [0, 0.1) is 13.8 Å². The first-order valence-corrected chi connectivity index (χ1v) is 10.9. The molecule has 1 N–H and O–H groups in total. The van der Waals surface area contributed by atoms with Gasteiger partial charge in [-0.05, 0) is 48.7 Å². The lowest BCUT2D eigenvalue weighted by Gasteiger charge is -2.15. The minimum absolute atomic E-state index is 0.218. The van der Waals surface area contributed by atoms with Crippen molar-refractivity contribution in [1.29, 1.82) is 0 Å². The van der Waals surface area contributed by atoms with Gasteiger partial charge in [-0.2, -0.15) is 0 Å². The second-order valence-electron chi connectivity index (χ2n) is 6.66. The molecule has 3 rings (SSSR count). The van der Waals surface area contributed by atoms with E-state index < -0.39 is 0 Å². The van der Waals surface area contributed by atoms with E-state index in [2.05, 4.69) is 5.32 Å². The number of thioether (sulfide) groups is 1. The molecular formula is C22H22ClNO4S2. The van der Waals surface area contributed by atoms with Gasteiger partial charge in [0.05, 0.1) is 30.3 Å². The van der Waals surface area contributed by atoms with Crippen LogP contribution in [0.25, 0.3) is 6.08 Å². The molecule has 1 heterocycles. The van der Waals surface area contributed by atoms with Gasteiger partial charge in [0.2, 0.25) is 0 Å². The van der Waals surface area contributed by atoms with E-state index in [1.165, 1.54) is 11.8 Å². The molecule has 2 aromatic carbocycles. The fraction of sp³-hybridized carbons (Fsp3) is 0.273. The van der Waals surface area contributed by atoms with Crippen molar-refractivity contribution in [3.8, 4) is 17.2 Å². The monoisotopic (exact) mass is 463 g/mol. The fourth-order valence-electron chi connectivity index (χ4n) is 2.97. The third kappa shape index (κ3) is 5.47. The van der Waals surface area contributed by atoms with E-state index in [0.717, 1.165) is 22.4 Å². The van der Waals surface area contributed by atoms with Crippen LogP contribution in [0.3, 0.4) is 0 Å². The van der Waals surface area contributed by atoms with Gasteiger partial charge >= 0.3 is 0 Å². The SMILES string of the molecule is COc1cc(/C=C2/SC(=S)NC2=O)cc(Cl)c1OCCCOc1c(C)cccc1C. The number of hydrogen-bond donors (Lipinski definition) is 1. The fourth-order valence-corrected chi connectivity index (χ4v) is 4.29. The zero-order valence-electron chi connectivity index (χ0n) is 16.9. The van der Waals surface area contributed by atoms with Gasteiger partial charge in [-0.15, -0.1) is 0 Å². The number of ether oxygens (including phenoxy) is 3.